The topological polar surface area (TPSA) is 48.9 Å². The van der Waals surface area contributed by atoms with E-state index in [0.29, 0.717) is 0 Å². The van der Waals surface area contributed by atoms with Gasteiger partial charge in [-0.05, 0) is 46.6 Å². The van der Waals surface area contributed by atoms with E-state index in [0.717, 1.165) is 51.3 Å². The third-order valence-corrected chi connectivity index (χ3v) is 3.90. The van der Waals surface area contributed by atoms with Crippen LogP contribution < -0.4 is 10.6 Å². The van der Waals surface area contributed by atoms with Crippen LogP contribution in [0.3, 0.4) is 0 Å². The minimum Gasteiger partial charge on any atom is -0.380 e. The second-order valence-corrected chi connectivity index (χ2v) is 5.62. The van der Waals surface area contributed by atoms with E-state index in [-0.39, 0.29) is 0 Å². The molecule has 1 aliphatic heterocycles. The van der Waals surface area contributed by atoms with Crippen molar-refractivity contribution < 1.29 is 4.74 Å². The van der Waals surface area contributed by atoms with Gasteiger partial charge in [-0.25, -0.2) is 0 Å². The molecule has 1 fully saturated rings. The molecular weight excluding hydrogens is 264 g/mol. The number of guanidine groups is 1. The minimum atomic E-state index is 0.728. The summed E-state index contributed by atoms with van der Waals surface area (Å²) in [5.41, 5.74) is 0. The molecule has 0 aromatic rings. The van der Waals surface area contributed by atoms with Crippen LogP contribution in [0.25, 0.3) is 0 Å². The molecule has 1 rings (SSSR count). The van der Waals surface area contributed by atoms with E-state index in [1.807, 2.05) is 6.92 Å². The van der Waals surface area contributed by atoms with Crippen LogP contribution in [-0.4, -0.2) is 62.8 Å². The smallest absolute Gasteiger partial charge is 0.191 e. The van der Waals surface area contributed by atoms with Gasteiger partial charge in [-0.1, -0.05) is 6.42 Å². The summed E-state index contributed by atoms with van der Waals surface area (Å²) in [5.74, 6) is 0.906. The molecule has 5 heteroatoms. The number of rotatable bonds is 9. The zero-order valence-corrected chi connectivity index (χ0v) is 14.2. The summed E-state index contributed by atoms with van der Waals surface area (Å²) in [7, 11) is 0. The average molecular weight is 298 g/mol. The van der Waals surface area contributed by atoms with Gasteiger partial charge >= 0.3 is 0 Å². The van der Waals surface area contributed by atoms with Crippen molar-refractivity contribution in [3.8, 4) is 0 Å². The first-order valence-electron chi connectivity index (χ1n) is 8.61. The van der Waals surface area contributed by atoms with Gasteiger partial charge in [0.05, 0.1) is 6.61 Å². The second-order valence-electron chi connectivity index (χ2n) is 5.62. The van der Waals surface area contributed by atoms with Gasteiger partial charge in [-0.2, -0.15) is 0 Å². The molecule has 1 atom stereocenters. The van der Waals surface area contributed by atoms with E-state index in [9.17, 15) is 0 Å². The number of piperidine rings is 1. The van der Waals surface area contributed by atoms with Crippen molar-refractivity contribution in [2.75, 3.05) is 45.9 Å². The highest BCUT2D eigenvalue weighted by atomic mass is 16.5. The fourth-order valence-corrected chi connectivity index (χ4v) is 2.68. The molecule has 1 saturated heterocycles. The Hall–Kier alpha value is -0.810. The van der Waals surface area contributed by atoms with Gasteiger partial charge in [0, 0.05) is 38.8 Å². The quantitative estimate of drug-likeness (QED) is 0.387. The van der Waals surface area contributed by atoms with Crippen molar-refractivity contribution in [2.24, 2.45) is 4.99 Å². The molecule has 1 heterocycles. The lowest BCUT2D eigenvalue weighted by atomic mass is 10.0. The van der Waals surface area contributed by atoms with Gasteiger partial charge in [0.25, 0.3) is 0 Å². The Labute approximate surface area is 130 Å². The summed E-state index contributed by atoms with van der Waals surface area (Å²) >= 11 is 0. The van der Waals surface area contributed by atoms with Crippen LogP contribution in [0.5, 0.6) is 0 Å². The maximum atomic E-state index is 5.33. The number of likely N-dealkylation sites (tertiary alicyclic amines) is 1. The number of aliphatic imine (C=N–C) groups is 1. The van der Waals surface area contributed by atoms with Crippen LogP contribution in [0.4, 0.5) is 0 Å². The predicted molar refractivity (Wildman–Crippen MR) is 90.0 cm³/mol. The number of ether oxygens (including phenoxy) is 1. The largest absolute Gasteiger partial charge is 0.380 e. The molecule has 0 saturated carbocycles. The SMILES string of the molecule is CCNC(=NCCCN1CCCCC1C)NCCOCC. The standard InChI is InChI=1S/C16H34N4O/c1-4-17-16(19-11-14-21-5-2)18-10-8-13-20-12-7-6-9-15(20)3/h15H,4-14H2,1-3H3,(H2,17,18,19). The highest BCUT2D eigenvalue weighted by Crippen LogP contribution is 2.16. The van der Waals surface area contributed by atoms with Crippen molar-refractivity contribution in [1.82, 2.24) is 15.5 Å². The molecule has 1 unspecified atom stereocenters. The fraction of sp³-hybridized carbons (Fsp3) is 0.938. The van der Waals surface area contributed by atoms with Crippen LogP contribution >= 0.6 is 0 Å². The fourth-order valence-electron chi connectivity index (χ4n) is 2.68. The van der Waals surface area contributed by atoms with Crippen molar-refractivity contribution in [3.05, 3.63) is 0 Å². The summed E-state index contributed by atoms with van der Waals surface area (Å²) in [6.07, 6.45) is 5.23. The van der Waals surface area contributed by atoms with Crippen molar-refractivity contribution in [2.45, 2.75) is 52.5 Å². The van der Waals surface area contributed by atoms with Crippen LogP contribution in [0.2, 0.25) is 0 Å². The highest BCUT2D eigenvalue weighted by Gasteiger charge is 2.16. The van der Waals surface area contributed by atoms with Crippen molar-refractivity contribution >= 4 is 5.96 Å². The maximum Gasteiger partial charge on any atom is 0.191 e. The molecule has 21 heavy (non-hydrogen) atoms. The van der Waals surface area contributed by atoms with E-state index < -0.39 is 0 Å². The predicted octanol–water partition coefficient (Wildman–Crippen LogP) is 1.84. The summed E-state index contributed by atoms with van der Waals surface area (Å²) in [6, 6.07) is 0.750. The first-order chi connectivity index (χ1) is 10.3. The van der Waals surface area contributed by atoms with Gasteiger partial charge in [0.15, 0.2) is 5.96 Å². The summed E-state index contributed by atoms with van der Waals surface area (Å²) < 4.78 is 5.33. The minimum absolute atomic E-state index is 0.728. The molecule has 124 valence electrons. The lowest BCUT2D eigenvalue weighted by Crippen LogP contribution is -2.40. The maximum absolute atomic E-state index is 5.33. The Kier molecular flexibility index (Phi) is 10.3. The molecule has 1 aliphatic rings. The Balaban J connectivity index is 2.19. The van der Waals surface area contributed by atoms with Crippen LogP contribution in [0.1, 0.15) is 46.5 Å². The van der Waals surface area contributed by atoms with Gasteiger partial charge in [0.1, 0.15) is 0 Å². The van der Waals surface area contributed by atoms with Crippen LogP contribution in [0, 0.1) is 0 Å². The van der Waals surface area contributed by atoms with Crippen molar-refractivity contribution in [1.29, 1.82) is 0 Å². The monoisotopic (exact) mass is 298 g/mol. The van der Waals surface area contributed by atoms with E-state index in [2.05, 4.69) is 34.4 Å². The molecule has 0 aliphatic carbocycles. The Morgan fingerprint density at radius 3 is 2.86 bits per heavy atom. The van der Waals surface area contributed by atoms with Gasteiger partial charge in [-0.15, -0.1) is 0 Å². The molecule has 0 bridgehead atoms. The average Bonchev–Trinajstić information content (AvgIpc) is 2.49. The molecular formula is C16H34N4O. The lowest BCUT2D eigenvalue weighted by Gasteiger charge is -2.33. The summed E-state index contributed by atoms with van der Waals surface area (Å²) in [5, 5.41) is 6.58. The van der Waals surface area contributed by atoms with Gasteiger partial charge in [0.2, 0.25) is 0 Å². The summed E-state index contributed by atoms with van der Waals surface area (Å²) in [4.78, 5) is 7.24. The molecule has 0 radical (unpaired) electrons. The van der Waals surface area contributed by atoms with Gasteiger partial charge < -0.3 is 20.3 Å². The van der Waals surface area contributed by atoms with Crippen LogP contribution in [0.15, 0.2) is 4.99 Å². The molecule has 0 spiro atoms. The first kappa shape index (κ1) is 18.2. The number of hydrogen-bond acceptors (Lipinski definition) is 3. The zero-order chi connectivity index (χ0) is 15.3. The lowest BCUT2D eigenvalue weighted by molar-refractivity contribution is 0.152. The van der Waals surface area contributed by atoms with E-state index in [1.54, 1.807) is 0 Å². The highest BCUT2D eigenvalue weighted by molar-refractivity contribution is 5.79. The van der Waals surface area contributed by atoms with E-state index >= 15 is 0 Å². The summed E-state index contributed by atoms with van der Waals surface area (Å²) in [6.45, 7) is 13.0. The molecule has 2 N–H and O–H groups in total. The normalized spacial score (nSPS) is 20.5. The number of nitrogens with zero attached hydrogens (tertiary/aromatic N) is 2. The Morgan fingerprint density at radius 2 is 2.14 bits per heavy atom. The first-order valence-corrected chi connectivity index (χ1v) is 8.61. The Bertz CT molecular complexity index is 283. The molecule has 5 nitrogen and oxygen atoms in total. The van der Waals surface area contributed by atoms with Crippen LogP contribution in [-0.2, 0) is 4.74 Å². The van der Waals surface area contributed by atoms with E-state index in [1.165, 1.54) is 32.4 Å². The number of nitrogens with one attached hydrogen (secondary N) is 2. The third kappa shape index (κ3) is 8.27. The molecule has 0 amide bonds. The molecule has 0 aromatic carbocycles. The van der Waals surface area contributed by atoms with Gasteiger partial charge in [-0.3, -0.25) is 4.99 Å². The Morgan fingerprint density at radius 1 is 1.29 bits per heavy atom. The van der Waals surface area contributed by atoms with Crippen molar-refractivity contribution in [3.63, 3.8) is 0 Å². The second kappa shape index (κ2) is 11.8. The van der Waals surface area contributed by atoms with E-state index in [4.69, 9.17) is 4.74 Å². The number of hydrogen-bond donors (Lipinski definition) is 2. The zero-order valence-electron chi connectivity index (χ0n) is 14.2. The third-order valence-electron chi connectivity index (χ3n) is 3.90. The molecule has 0 aromatic heterocycles.